The summed E-state index contributed by atoms with van der Waals surface area (Å²) in [5.41, 5.74) is 5.54. The van der Waals surface area contributed by atoms with E-state index in [0.717, 1.165) is 35.5 Å². The Morgan fingerprint density at radius 2 is 1.70 bits per heavy atom. The van der Waals surface area contributed by atoms with Crippen LogP contribution in [0, 0.1) is 13.8 Å². The SMILES string of the molecule is Cc1cc(/C=C/C(=O)Nc2ccc(C(=O)NC3CC3)cc2)c(C)n1-c1ccccc1. The fourth-order valence-corrected chi connectivity index (χ4v) is 3.48. The number of para-hydroxylation sites is 1. The van der Waals surface area contributed by atoms with Crippen LogP contribution < -0.4 is 10.6 Å². The topological polar surface area (TPSA) is 63.1 Å². The molecule has 0 atom stereocenters. The Morgan fingerprint density at radius 1 is 1.00 bits per heavy atom. The third-order valence-corrected chi connectivity index (χ3v) is 5.23. The van der Waals surface area contributed by atoms with Crippen molar-refractivity contribution < 1.29 is 9.59 Å². The van der Waals surface area contributed by atoms with Gasteiger partial charge in [-0.15, -0.1) is 0 Å². The van der Waals surface area contributed by atoms with Crippen LogP contribution in [0.15, 0.2) is 66.7 Å². The Morgan fingerprint density at radius 3 is 2.37 bits per heavy atom. The summed E-state index contributed by atoms with van der Waals surface area (Å²) in [4.78, 5) is 24.4. The van der Waals surface area contributed by atoms with Crippen LogP contribution in [0.5, 0.6) is 0 Å². The smallest absolute Gasteiger partial charge is 0.251 e. The molecule has 4 rings (SSSR count). The molecule has 0 spiro atoms. The highest BCUT2D eigenvalue weighted by atomic mass is 16.2. The Kier molecular flexibility index (Phi) is 5.53. The van der Waals surface area contributed by atoms with E-state index < -0.39 is 0 Å². The van der Waals surface area contributed by atoms with Crippen LogP contribution in [0.4, 0.5) is 5.69 Å². The number of aryl methyl sites for hydroxylation is 1. The molecule has 1 aromatic heterocycles. The molecule has 5 nitrogen and oxygen atoms in total. The Labute approximate surface area is 176 Å². The number of benzene rings is 2. The van der Waals surface area contributed by atoms with Gasteiger partial charge in [-0.1, -0.05) is 18.2 Å². The number of amides is 2. The lowest BCUT2D eigenvalue weighted by Gasteiger charge is -2.09. The molecule has 1 heterocycles. The second-order valence-electron chi connectivity index (χ2n) is 7.65. The van der Waals surface area contributed by atoms with Crippen molar-refractivity contribution in [1.29, 1.82) is 0 Å². The van der Waals surface area contributed by atoms with Gasteiger partial charge < -0.3 is 15.2 Å². The predicted octanol–water partition coefficient (Wildman–Crippen LogP) is 4.64. The number of nitrogens with one attached hydrogen (secondary N) is 2. The van der Waals surface area contributed by atoms with E-state index in [0.29, 0.717) is 17.3 Å². The van der Waals surface area contributed by atoms with Crippen molar-refractivity contribution in [2.45, 2.75) is 32.7 Å². The number of hydrogen-bond donors (Lipinski definition) is 2. The molecule has 1 saturated carbocycles. The number of carbonyl (C=O) groups is 2. The summed E-state index contributed by atoms with van der Waals surface area (Å²) in [7, 11) is 0. The van der Waals surface area contributed by atoms with E-state index in [-0.39, 0.29) is 11.8 Å². The first kappa shape index (κ1) is 19.7. The van der Waals surface area contributed by atoms with Crippen LogP contribution in [0.3, 0.4) is 0 Å². The molecule has 0 saturated heterocycles. The Bertz CT molecular complexity index is 1090. The summed E-state index contributed by atoms with van der Waals surface area (Å²) >= 11 is 0. The maximum Gasteiger partial charge on any atom is 0.251 e. The van der Waals surface area contributed by atoms with Gasteiger partial charge in [0.2, 0.25) is 5.91 Å². The number of rotatable bonds is 6. The van der Waals surface area contributed by atoms with E-state index >= 15 is 0 Å². The minimum absolute atomic E-state index is 0.0657. The average Bonchev–Trinajstić information content (AvgIpc) is 3.51. The van der Waals surface area contributed by atoms with E-state index in [1.54, 1.807) is 24.3 Å². The van der Waals surface area contributed by atoms with Crippen molar-refractivity contribution in [2.24, 2.45) is 0 Å². The predicted molar refractivity (Wildman–Crippen MR) is 120 cm³/mol. The second-order valence-corrected chi connectivity index (χ2v) is 7.65. The third-order valence-electron chi connectivity index (χ3n) is 5.23. The summed E-state index contributed by atoms with van der Waals surface area (Å²) in [5.74, 6) is -0.279. The van der Waals surface area contributed by atoms with Gasteiger partial charge in [-0.25, -0.2) is 0 Å². The quantitative estimate of drug-likeness (QED) is 0.593. The lowest BCUT2D eigenvalue weighted by atomic mass is 10.2. The largest absolute Gasteiger partial charge is 0.349 e. The summed E-state index contributed by atoms with van der Waals surface area (Å²) < 4.78 is 2.17. The highest BCUT2D eigenvalue weighted by Gasteiger charge is 2.23. The number of nitrogens with zero attached hydrogens (tertiary/aromatic N) is 1. The lowest BCUT2D eigenvalue weighted by Crippen LogP contribution is -2.25. The molecule has 1 aliphatic rings. The lowest BCUT2D eigenvalue weighted by molar-refractivity contribution is -0.111. The van der Waals surface area contributed by atoms with Crippen molar-refractivity contribution in [1.82, 2.24) is 9.88 Å². The minimum atomic E-state index is -0.213. The van der Waals surface area contributed by atoms with Crippen LogP contribution in [-0.2, 0) is 4.79 Å². The van der Waals surface area contributed by atoms with E-state index in [1.165, 1.54) is 6.08 Å². The van der Waals surface area contributed by atoms with Crippen LogP contribution >= 0.6 is 0 Å². The van der Waals surface area contributed by atoms with Crippen molar-refractivity contribution >= 4 is 23.6 Å². The van der Waals surface area contributed by atoms with E-state index in [9.17, 15) is 9.59 Å². The van der Waals surface area contributed by atoms with Crippen molar-refractivity contribution in [3.8, 4) is 5.69 Å². The molecule has 0 unspecified atom stereocenters. The first-order valence-corrected chi connectivity index (χ1v) is 10.2. The Hall–Kier alpha value is -3.60. The van der Waals surface area contributed by atoms with Crippen molar-refractivity contribution in [2.75, 3.05) is 5.32 Å². The van der Waals surface area contributed by atoms with E-state index in [2.05, 4.69) is 40.3 Å². The molecular weight excluding hydrogens is 374 g/mol. The molecular formula is C25H25N3O2. The molecule has 0 bridgehead atoms. The van der Waals surface area contributed by atoms with Crippen LogP contribution in [-0.4, -0.2) is 22.4 Å². The van der Waals surface area contributed by atoms with Gasteiger partial charge in [-0.2, -0.15) is 0 Å². The summed E-state index contributed by atoms with van der Waals surface area (Å²) in [6, 6.07) is 19.5. The van der Waals surface area contributed by atoms with Gasteiger partial charge in [0.15, 0.2) is 0 Å². The highest BCUT2D eigenvalue weighted by Crippen LogP contribution is 2.22. The average molecular weight is 399 g/mol. The van der Waals surface area contributed by atoms with E-state index in [1.807, 2.05) is 31.2 Å². The molecule has 2 aromatic carbocycles. The van der Waals surface area contributed by atoms with E-state index in [4.69, 9.17) is 0 Å². The fourth-order valence-electron chi connectivity index (χ4n) is 3.48. The van der Waals surface area contributed by atoms with Crippen molar-refractivity contribution in [3.05, 3.63) is 89.3 Å². The van der Waals surface area contributed by atoms with Gasteiger partial charge in [0, 0.05) is 40.4 Å². The highest BCUT2D eigenvalue weighted by molar-refractivity contribution is 6.02. The van der Waals surface area contributed by atoms with Gasteiger partial charge in [0.05, 0.1) is 0 Å². The van der Waals surface area contributed by atoms with Crippen molar-refractivity contribution in [3.63, 3.8) is 0 Å². The fraction of sp³-hybridized carbons (Fsp3) is 0.200. The van der Waals surface area contributed by atoms with Crippen LogP contribution in [0.2, 0.25) is 0 Å². The molecule has 5 heteroatoms. The second kappa shape index (κ2) is 8.41. The monoisotopic (exact) mass is 399 g/mol. The van der Waals surface area contributed by atoms with Gasteiger partial charge in [-0.3, -0.25) is 9.59 Å². The molecule has 2 amide bonds. The van der Waals surface area contributed by atoms with Gasteiger partial charge in [-0.05, 0) is 80.8 Å². The molecule has 30 heavy (non-hydrogen) atoms. The zero-order valence-corrected chi connectivity index (χ0v) is 17.2. The zero-order valence-electron chi connectivity index (χ0n) is 17.2. The molecule has 152 valence electrons. The van der Waals surface area contributed by atoms with Crippen LogP contribution in [0.1, 0.15) is 40.2 Å². The third kappa shape index (κ3) is 4.51. The zero-order chi connectivity index (χ0) is 21.1. The molecule has 1 fully saturated rings. The standard InChI is InChI=1S/C25H25N3O2/c1-17-16-20(18(2)28(17)23-6-4-3-5-7-23)10-15-24(29)26-21-11-8-19(9-12-21)25(30)27-22-13-14-22/h3-12,15-16,22H,13-14H2,1-2H3,(H,26,29)(H,27,30)/b15-10+. The molecule has 0 aliphatic heterocycles. The molecule has 2 N–H and O–H groups in total. The first-order chi connectivity index (χ1) is 14.5. The summed E-state index contributed by atoms with van der Waals surface area (Å²) in [6.07, 6.45) is 5.47. The van der Waals surface area contributed by atoms with Gasteiger partial charge >= 0.3 is 0 Å². The number of carbonyl (C=O) groups excluding carboxylic acids is 2. The first-order valence-electron chi connectivity index (χ1n) is 10.2. The molecule has 1 aliphatic carbocycles. The van der Waals surface area contributed by atoms with Gasteiger partial charge in [0.25, 0.3) is 5.91 Å². The normalized spacial score (nSPS) is 13.4. The van der Waals surface area contributed by atoms with Crippen LogP contribution in [0.25, 0.3) is 11.8 Å². The number of anilines is 1. The maximum absolute atomic E-state index is 12.3. The van der Waals surface area contributed by atoms with Gasteiger partial charge in [0.1, 0.15) is 0 Å². The maximum atomic E-state index is 12.3. The molecule has 0 radical (unpaired) electrons. The summed E-state index contributed by atoms with van der Waals surface area (Å²) in [6.45, 7) is 4.10. The number of hydrogen-bond acceptors (Lipinski definition) is 2. The Balaban J connectivity index is 1.41. The number of aromatic nitrogens is 1. The minimum Gasteiger partial charge on any atom is -0.349 e. The molecule has 3 aromatic rings. The summed E-state index contributed by atoms with van der Waals surface area (Å²) in [5, 5.41) is 5.79.